The molecule has 0 aromatic heterocycles. The van der Waals surface area contributed by atoms with E-state index in [1.165, 1.54) is 25.3 Å². The summed E-state index contributed by atoms with van der Waals surface area (Å²) in [6, 6.07) is 10.7. The van der Waals surface area contributed by atoms with Crippen LogP contribution < -0.4 is 10.5 Å². The molecule has 0 aliphatic carbocycles. The lowest BCUT2D eigenvalue weighted by Gasteiger charge is -2.08. The van der Waals surface area contributed by atoms with Gasteiger partial charge in [-0.1, -0.05) is 18.2 Å². The number of rotatable bonds is 4. The Hall–Kier alpha value is -2.56. The van der Waals surface area contributed by atoms with Crippen LogP contribution in [0, 0.1) is 5.82 Å². The van der Waals surface area contributed by atoms with E-state index in [1.54, 1.807) is 24.3 Å². The number of carbonyl (C=O) groups is 1. The van der Waals surface area contributed by atoms with E-state index in [9.17, 15) is 9.18 Å². The predicted molar refractivity (Wildman–Crippen MR) is 72.9 cm³/mol. The highest BCUT2D eigenvalue weighted by Crippen LogP contribution is 2.22. The molecule has 20 heavy (non-hydrogen) atoms. The van der Waals surface area contributed by atoms with Crippen LogP contribution in [0.4, 0.5) is 10.1 Å². The molecule has 0 unspecified atom stereocenters. The van der Waals surface area contributed by atoms with Crippen molar-refractivity contribution in [1.29, 1.82) is 0 Å². The maximum Gasteiger partial charge on any atom is 0.338 e. The number of anilines is 1. The molecule has 4 nitrogen and oxygen atoms in total. The number of ether oxygens (including phenoxy) is 2. The van der Waals surface area contributed by atoms with Crippen molar-refractivity contribution in [2.75, 3.05) is 12.8 Å². The number of benzene rings is 2. The maximum atomic E-state index is 13.4. The Bertz CT molecular complexity index is 628. The van der Waals surface area contributed by atoms with Gasteiger partial charge in [0, 0.05) is 5.56 Å². The number of nitrogens with two attached hydrogens (primary N) is 1. The number of esters is 1. The van der Waals surface area contributed by atoms with Gasteiger partial charge in [0.25, 0.3) is 0 Å². The molecule has 2 N–H and O–H groups in total. The van der Waals surface area contributed by atoms with Gasteiger partial charge in [-0.05, 0) is 24.3 Å². The van der Waals surface area contributed by atoms with Gasteiger partial charge in [0.15, 0.2) is 0 Å². The lowest BCUT2D eigenvalue weighted by molar-refractivity contribution is 0.0468. The third-order valence-electron chi connectivity index (χ3n) is 2.79. The molecule has 104 valence electrons. The van der Waals surface area contributed by atoms with E-state index in [2.05, 4.69) is 0 Å². The highest BCUT2D eigenvalue weighted by atomic mass is 19.1. The number of hydrogen-bond donors (Lipinski definition) is 1. The molecular formula is C15H14FNO3. The Balaban J connectivity index is 2.07. The maximum absolute atomic E-state index is 13.4. The predicted octanol–water partition coefficient (Wildman–Crippen LogP) is 2.77. The summed E-state index contributed by atoms with van der Waals surface area (Å²) >= 11 is 0. The lowest BCUT2D eigenvalue weighted by atomic mass is 10.2. The van der Waals surface area contributed by atoms with Crippen LogP contribution >= 0.6 is 0 Å². The molecule has 0 aliphatic heterocycles. The molecule has 0 amide bonds. The van der Waals surface area contributed by atoms with E-state index in [-0.39, 0.29) is 6.61 Å². The molecule has 0 saturated carbocycles. The van der Waals surface area contributed by atoms with Crippen LogP contribution in [0.25, 0.3) is 0 Å². The van der Waals surface area contributed by atoms with Gasteiger partial charge in [-0.2, -0.15) is 0 Å². The minimum atomic E-state index is -0.563. The minimum absolute atomic E-state index is 0.127. The second kappa shape index (κ2) is 6.06. The average Bonchev–Trinajstić information content (AvgIpc) is 2.46. The van der Waals surface area contributed by atoms with Crippen molar-refractivity contribution >= 4 is 11.7 Å². The molecule has 0 radical (unpaired) electrons. The van der Waals surface area contributed by atoms with Crippen molar-refractivity contribution in [3.63, 3.8) is 0 Å². The lowest BCUT2D eigenvalue weighted by Crippen LogP contribution is -2.07. The summed E-state index contributed by atoms with van der Waals surface area (Å²) < 4.78 is 23.5. The quantitative estimate of drug-likeness (QED) is 0.688. The van der Waals surface area contributed by atoms with Crippen molar-refractivity contribution in [1.82, 2.24) is 0 Å². The average molecular weight is 275 g/mol. The summed E-state index contributed by atoms with van der Waals surface area (Å²) in [4.78, 5) is 11.9. The Morgan fingerprint density at radius 1 is 1.25 bits per heavy atom. The minimum Gasteiger partial charge on any atom is -0.495 e. The number of halogens is 1. The number of nitrogen functional groups attached to an aromatic ring is 1. The van der Waals surface area contributed by atoms with E-state index >= 15 is 0 Å². The first-order chi connectivity index (χ1) is 9.61. The van der Waals surface area contributed by atoms with Crippen LogP contribution in [-0.2, 0) is 11.3 Å². The number of methoxy groups -OCH3 is 1. The molecule has 0 aliphatic rings. The van der Waals surface area contributed by atoms with Gasteiger partial charge in [-0.3, -0.25) is 0 Å². The molecule has 0 fully saturated rings. The van der Waals surface area contributed by atoms with Crippen LogP contribution in [0.2, 0.25) is 0 Å². The monoisotopic (exact) mass is 275 g/mol. The third-order valence-corrected chi connectivity index (χ3v) is 2.79. The van der Waals surface area contributed by atoms with Gasteiger partial charge in [0.2, 0.25) is 0 Å². The first kappa shape index (κ1) is 13.9. The van der Waals surface area contributed by atoms with E-state index in [0.29, 0.717) is 22.6 Å². The molecule has 2 aromatic rings. The largest absolute Gasteiger partial charge is 0.495 e. The number of hydrogen-bond acceptors (Lipinski definition) is 4. The third kappa shape index (κ3) is 3.06. The van der Waals surface area contributed by atoms with E-state index < -0.39 is 11.8 Å². The Labute approximate surface area is 115 Å². The van der Waals surface area contributed by atoms with Crippen molar-refractivity contribution in [3.8, 4) is 5.75 Å². The van der Waals surface area contributed by atoms with Crippen LogP contribution in [0.15, 0.2) is 42.5 Å². The molecule has 0 atom stereocenters. The molecule has 0 bridgehead atoms. The van der Waals surface area contributed by atoms with Gasteiger partial charge in [-0.15, -0.1) is 0 Å². The zero-order valence-electron chi connectivity index (χ0n) is 10.9. The smallest absolute Gasteiger partial charge is 0.338 e. The Morgan fingerprint density at radius 2 is 2.00 bits per heavy atom. The zero-order chi connectivity index (χ0) is 14.5. The topological polar surface area (TPSA) is 61.5 Å². The van der Waals surface area contributed by atoms with Crippen molar-refractivity contribution < 1.29 is 18.7 Å². The summed E-state index contributed by atoms with van der Waals surface area (Å²) in [5, 5.41) is 0. The zero-order valence-corrected chi connectivity index (χ0v) is 10.9. The molecule has 0 heterocycles. The summed E-state index contributed by atoms with van der Waals surface area (Å²) in [5.74, 6) is -0.577. The SMILES string of the molecule is COc1cc(C(=O)OCc2ccccc2F)ccc1N. The highest BCUT2D eigenvalue weighted by Gasteiger charge is 2.11. The van der Waals surface area contributed by atoms with E-state index in [4.69, 9.17) is 15.2 Å². The Kier molecular flexibility index (Phi) is 4.20. The first-order valence-corrected chi connectivity index (χ1v) is 5.96. The van der Waals surface area contributed by atoms with Gasteiger partial charge >= 0.3 is 5.97 Å². The molecular weight excluding hydrogens is 261 g/mol. The molecule has 0 spiro atoms. The second-order valence-corrected chi connectivity index (χ2v) is 4.12. The highest BCUT2D eigenvalue weighted by molar-refractivity contribution is 5.90. The normalized spacial score (nSPS) is 10.1. The summed E-state index contributed by atoms with van der Waals surface area (Å²) in [7, 11) is 1.46. The fourth-order valence-electron chi connectivity index (χ4n) is 1.68. The summed E-state index contributed by atoms with van der Waals surface area (Å²) in [6.07, 6.45) is 0. The molecule has 2 aromatic carbocycles. The van der Waals surface area contributed by atoms with Crippen LogP contribution in [0.5, 0.6) is 5.75 Å². The van der Waals surface area contributed by atoms with Gasteiger partial charge in [0.1, 0.15) is 18.2 Å². The van der Waals surface area contributed by atoms with Gasteiger partial charge in [-0.25, -0.2) is 9.18 Å². The molecule has 0 saturated heterocycles. The molecule has 2 rings (SSSR count). The van der Waals surface area contributed by atoms with E-state index in [1.807, 2.05) is 0 Å². The second-order valence-electron chi connectivity index (χ2n) is 4.12. The van der Waals surface area contributed by atoms with Crippen molar-refractivity contribution in [2.24, 2.45) is 0 Å². The fraction of sp³-hybridized carbons (Fsp3) is 0.133. The summed E-state index contributed by atoms with van der Waals surface area (Å²) in [5.41, 5.74) is 6.71. The van der Waals surface area contributed by atoms with E-state index in [0.717, 1.165) is 0 Å². The Morgan fingerprint density at radius 3 is 2.70 bits per heavy atom. The number of carbonyl (C=O) groups excluding carboxylic acids is 1. The summed E-state index contributed by atoms with van der Waals surface area (Å²) in [6.45, 7) is -0.127. The van der Waals surface area contributed by atoms with Crippen LogP contribution in [0.1, 0.15) is 15.9 Å². The standard InChI is InChI=1S/C15H14FNO3/c1-19-14-8-10(6-7-13(14)17)15(18)20-9-11-4-2-3-5-12(11)16/h2-8H,9,17H2,1H3. The van der Waals surface area contributed by atoms with Crippen LogP contribution in [0.3, 0.4) is 0 Å². The first-order valence-electron chi connectivity index (χ1n) is 5.96. The van der Waals surface area contributed by atoms with Crippen molar-refractivity contribution in [2.45, 2.75) is 6.61 Å². The van der Waals surface area contributed by atoms with Gasteiger partial charge in [0.05, 0.1) is 18.4 Å². The molecule has 5 heteroatoms. The van der Waals surface area contributed by atoms with Crippen molar-refractivity contribution in [3.05, 3.63) is 59.4 Å². The fourth-order valence-corrected chi connectivity index (χ4v) is 1.68. The van der Waals surface area contributed by atoms with Crippen LogP contribution in [-0.4, -0.2) is 13.1 Å². The van der Waals surface area contributed by atoms with Gasteiger partial charge < -0.3 is 15.2 Å².